The molecule has 0 aromatic heterocycles. The smallest absolute Gasteiger partial charge is 0.162 e. The van der Waals surface area contributed by atoms with Crippen LogP contribution in [0.4, 0.5) is 0 Å². The molecule has 0 saturated heterocycles. The molecule has 23 heavy (non-hydrogen) atoms. The van der Waals surface area contributed by atoms with Crippen molar-refractivity contribution in [2.24, 2.45) is 0 Å². The van der Waals surface area contributed by atoms with Crippen molar-refractivity contribution in [3.63, 3.8) is 0 Å². The van der Waals surface area contributed by atoms with Crippen molar-refractivity contribution in [3.8, 4) is 11.5 Å². The van der Waals surface area contributed by atoms with Crippen LogP contribution < -0.4 is 9.47 Å². The van der Waals surface area contributed by atoms with E-state index in [0.717, 1.165) is 35.4 Å². The monoisotopic (exact) mass is 373 g/mol. The number of hydrogen-bond donors (Lipinski definition) is 0. The maximum absolute atomic E-state index is 5.71. The highest BCUT2D eigenvalue weighted by atomic mass is 79.9. The van der Waals surface area contributed by atoms with Gasteiger partial charge in [-0.2, -0.15) is 0 Å². The number of rotatable bonds is 3. The van der Waals surface area contributed by atoms with Gasteiger partial charge in [-0.15, -0.1) is 0 Å². The highest BCUT2D eigenvalue weighted by Crippen LogP contribution is 2.36. The lowest BCUT2D eigenvalue weighted by Gasteiger charge is -2.26. The SMILES string of the molecule is CN(Cc1cc2c(cc1Br)OCCO2)C1Cc2ccccc2C1. The average molecular weight is 374 g/mol. The molecule has 0 spiro atoms. The van der Waals surface area contributed by atoms with Gasteiger partial charge in [-0.05, 0) is 48.7 Å². The van der Waals surface area contributed by atoms with Crippen molar-refractivity contribution in [2.75, 3.05) is 20.3 Å². The highest BCUT2D eigenvalue weighted by molar-refractivity contribution is 9.10. The van der Waals surface area contributed by atoms with E-state index in [9.17, 15) is 0 Å². The molecule has 1 aliphatic carbocycles. The Morgan fingerprint density at radius 1 is 1.04 bits per heavy atom. The molecule has 120 valence electrons. The van der Waals surface area contributed by atoms with Gasteiger partial charge in [-0.3, -0.25) is 4.90 Å². The lowest BCUT2D eigenvalue weighted by atomic mass is 10.1. The molecule has 0 N–H and O–H groups in total. The number of hydrogen-bond acceptors (Lipinski definition) is 3. The van der Waals surface area contributed by atoms with Gasteiger partial charge in [0.2, 0.25) is 0 Å². The first-order chi connectivity index (χ1) is 11.2. The minimum absolute atomic E-state index is 0.563. The van der Waals surface area contributed by atoms with Crippen molar-refractivity contribution in [1.29, 1.82) is 0 Å². The van der Waals surface area contributed by atoms with Gasteiger partial charge in [0.25, 0.3) is 0 Å². The third kappa shape index (κ3) is 2.98. The standard InChI is InChI=1S/C19H20BrNO2/c1-21(16-8-13-4-2-3-5-14(13)9-16)12-15-10-18-19(11-17(15)20)23-7-6-22-18/h2-5,10-11,16H,6-9,12H2,1H3. The Labute approximate surface area is 145 Å². The van der Waals surface area contributed by atoms with E-state index in [4.69, 9.17) is 9.47 Å². The molecule has 4 rings (SSSR count). The van der Waals surface area contributed by atoms with E-state index in [0.29, 0.717) is 19.3 Å². The zero-order valence-electron chi connectivity index (χ0n) is 13.2. The van der Waals surface area contributed by atoms with Crippen LogP contribution in [0.5, 0.6) is 11.5 Å². The van der Waals surface area contributed by atoms with E-state index < -0.39 is 0 Å². The van der Waals surface area contributed by atoms with Gasteiger partial charge in [0.05, 0.1) is 0 Å². The lowest BCUT2D eigenvalue weighted by molar-refractivity contribution is 0.170. The summed E-state index contributed by atoms with van der Waals surface area (Å²) in [5.41, 5.74) is 4.23. The fourth-order valence-electron chi connectivity index (χ4n) is 3.47. The average Bonchev–Trinajstić information content (AvgIpc) is 3.00. The second kappa shape index (κ2) is 6.17. The Hall–Kier alpha value is -1.52. The van der Waals surface area contributed by atoms with Gasteiger partial charge in [-0.1, -0.05) is 40.2 Å². The van der Waals surface area contributed by atoms with Crippen LogP contribution in [0.15, 0.2) is 40.9 Å². The molecule has 1 aliphatic heterocycles. The molecule has 3 nitrogen and oxygen atoms in total. The Morgan fingerprint density at radius 2 is 1.65 bits per heavy atom. The normalized spacial score (nSPS) is 16.7. The Morgan fingerprint density at radius 3 is 2.30 bits per heavy atom. The summed E-state index contributed by atoms with van der Waals surface area (Å²) in [6.07, 6.45) is 2.27. The maximum atomic E-state index is 5.71. The van der Waals surface area contributed by atoms with Crippen LogP contribution in [-0.4, -0.2) is 31.2 Å². The quantitative estimate of drug-likeness (QED) is 0.816. The summed E-state index contributed by atoms with van der Waals surface area (Å²) in [5, 5.41) is 0. The van der Waals surface area contributed by atoms with E-state index in [-0.39, 0.29) is 0 Å². The van der Waals surface area contributed by atoms with E-state index in [1.807, 2.05) is 6.07 Å². The zero-order chi connectivity index (χ0) is 15.8. The van der Waals surface area contributed by atoms with Crippen molar-refractivity contribution < 1.29 is 9.47 Å². The summed E-state index contributed by atoms with van der Waals surface area (Å²) in [5.74, 6) is 1.69. The molecule has 2 aromatic carbocycles. The number of ether oxygens (including phenoxy) is 2. The first kappa shape index (κ1) is 15.0. The molecule has 0 unspecified atom stereocenters. The molecule has 0 fully saturated rings. The van der Waals surface area contributed by atoms with Crippen LogP contribution in [0.2, 0.25) is 0 Å². The molecule has 2 aliphatic rings. The van der Waals surface area contributed by atoms with E-state index in [1.165, 1.54) is 16.7 Å². The maximum Gasteiger partial charge on any atom is 0.162 e. The Bertz CT molecular complexity index is 706. The summed E-state index contributed by atoms with van der Waals surface area (Å²) in [7, 11) is 2.21. The summed E-state index contributed by atoms with van der Waals surface area (Å²) in [4.78, 5) is 2.44. The second-order valence-corrected chi connectivity index (χ2v) is 7.19. The largest absolute Gasteiger partial charge is 0.486 e. The lowest BCUT2D eigenvalue weighted by Crippen LogP contribution is -2.31. The van der Waals surface area contributed by atoms with E-state index in [2.05, 4.69) is 58.2 Å². The number of nitrogens with zero attached hydrogens (tertiary/aromatic N) is 1. The van der Waals surface area contributed by atoms with Gasteiger partial charge in [0.15, 0.2) is 11.5 Å². The van der Waals surface area contributed by atoms with Crippen molar-refractivity contribution in [2.45, 2.75) is 25.4 Å². The van der Waals surface area contributed by atoms with E-state index >= 15 is 0 Å². The molecule has 0 atom stereocenters. The molecule has 0 saturated carbocycles. The third-order valence-electron chi connectivity index (χ3n) is 4.78. The zero-order valence-corrected chi connectivity index (χ0v) is 14.8. The minimum atomic E-state index is 0.563. The van der Waals surface area contributed by atoms with Crippen LogP contribution in [0.25, 0.3) is 0 Å². The first-order valence-corrected chi connectivity index (χ1v) is 8.85. The van der Waals surface area contributed by atoms with Gasteiger partial charge >= 0.3 is 0 Å². The second-order valence-electron chi connectivity index (χ2n) is 6.33. The molecule has 4 heteroatoms. The topological polar surface area (TPSA) is 21.7 Å². The van der Waals surface area contributed by atoms with Gasteiger partial charge < -0.3 is 9.47 Å². The molecule has 0 bridgehead atoms. The fourth-order valence-corrected chi connectivity index (χ4v) is 3.92. The first-order valence-electron chi connectivity index (χ1n) is 8.06. The highest BCUT2D eigenvalue weighted by Gasteiger charge is 2.25. The summed E-state index contributed by atoms with van der Waals surface area (Å²) in [6, 6.07) is 13.5. The van der Waals surface area contributed by atoms with Gasteiger partial charge in [0, 0.05) is 17.1 Å². The van der Waals surface area contributed by atoms with E-state index in [1.54, 1.807) is 0 Å². The van der Waals surface area contributed by atoms with Crippen LogP contribution in [-0.2, 0) is 19.4 Å². The molecular formula is C19H20BrNO2. The van der Waals surface area contributed by atoms with Crippen LogP contribution in [0, 0.1) is 0 Å². The van der Waals surface area contributed by atoms with Crippen molar-refractivity contribution >= 4 is 15.9 Å². The predicted octanol–water partition coefficient (Wildman–Crippen LogP) is 3.82. The van der Waals surface area contributed by atoms with Crippen molar-refractivity contribution in [3.05, 3.63) is 57.6 Å². The number of halogens is 1. The molecule has 0 amide bonds. The Kier molecular flexibility index (Phi) is 4.04. The molecular weight excluding hydrogens is 354 g/mol. The molecule has 0 radical (unpaired) electrons. The third-order valence-corrected chi connectivity index (χ3v) is 5.52. The van der Waals surface area contributed by atoms with Crippen molar-refractivity contribution in [1.82, 2.24) is 4.90 Å². The fraction of sp³-hybridized carbons (Fsp3) is 0.368. The number of benzene rings is 2. The summed E-state index contributed by atoms with van der Waals surface area (Å²) >= 11 is 3.68. The van der Waals surface area contributed by atoms with Crippen LogP contribution in [0.1, 0.15) is 16.7 Å². The number of fused-ring (bicyclic) bond motifs is 2. The summed E-state index contributed by atoms with van der Waals surface area (Å²) < 4.78 is 12.4. The summed E-state index contributed by atoms with van der Waals surface area (Å²) in [6.45, 7) is 2.15. The molecule has 1 heterocycles. The van der Waals surface area contributed by atoms with Gasteiger partial charge in [0.1, 0.15) is 13.2 Å². The Balaban J connectivity index is 1.50. The van der Waals surface area contributed by atoms with Crippen LogP contribution >= 0.6 is 15.9 Å². The minimum Gasteiger partial charge on any atom is -0.486 e. The molecule has 2 aromatic rings. The van der Waals surface area contributed by atoms with Crippen LogP contribution in [0.3, 0.4) is 0 Å². The predicted molar refractivity (Wildman–Crippen MR) is 94.2 cm³/mol. The van der Waals surface area contributed by atoms with Gasteiger partial charge in [-0.25, -0.2) is 0 Å². The number of likely N-dealkylation sites (N-methyl/N-ethyl adjacent to an activating group) is 1.